The van der Waals surface area contributed by atoms with Crippen molar-refractivity contribution in [2.24, 2.45) is 0 Å². The van der Waals surface area contributed by atoms with Crippen LogP contribution in [-0.4, -0.2) is 21.0 Å². The van der Waals surface area contributed by atoms with E-state index in [0.29, 0.717) is 6.42 Å². The third-order valence-corrected chi connectivity index (χ3v) is 5.12. The first-order valence-corrected chi connectivity index (χ1v) is 11.2. The fraction of sp³-hybridized carbons (Fsp3) is 0.556. The molecule has 152 valence electrons. The Morgan fingerprint density at radius 3 is 2.44 bits per heavy atom. The van der Waals surface area contributed by atoms with Crippen molar-refractivity contribution in [3.05, 3.63) is 28.7 Å². The van der Waals surface area contributed by atoms with Crippen LogP contribution < -0.4 is 16.0 Å². The van der Waals surface area contributed by atoms with Gasteiger partial charge < -0.3 is 16.0 Å². The molecule has 3 N–H and O–H groups in total. The molecule has 0 heterocycles. The lowest BCUT2D eigenvalue weighted by molar-refractivity contribution is -0.122. The van der Waals surface area contributed by atoms with E-state index in [0.717, 1.165) is 29.4 Å². The van der Waals surface area contributed by atoms with Crippen LogP contribution >= 0.6 is 63.0 Å². The Bertz CT molecular complexity index is 614. The van der Waals surface area contributed by atoms with E-state index in [1.807, 2.05) is 24.3 Å². The van der Waals surface area contributed by atoms with E-state index in [4.69, 9.17) is 47.0 Å². The average Bonchev–Trinajstić information content (AvgIpc) is 2.56. The molecule has 0 fully saturated rings. The topological polar surface area (TPSA) is 53.2 Å². The summed E-state index contributed by atoms with van der Waals surface area (Å²) in [7, 11) is 0. The molecule has 0 bridgehead atoms. The highest BCUT2D eigenvalue weighted by Crippen LogP contribution is 2.29. The number of amides is 1. The third-order valence-electron chi connectivity index (χ3n) is 3.75. The Balaban J connectivity index is 2.48. The van der Waals surface area contributed by atoms with E-state index in [-0.39, 0.29) is 11.0 Å². The van der Waals surface area contributed by atoms with Crippen LogP contribution in [0, 0.1) is 0 Å². The maximum atomic E-state index is 12.2. The molecule has 1 amide bonds. The van der Waals surface area contributed by atoms with Crippen molar-refractivity contribution in [1.82, 2.24) is 10.6 Å². The minimum atomic E-state index is -1.75. The number of carbonyl (C=O) groups is 1. The van der Waals surface area contributed by atoms with Gasteiger partial charge in [0.2, 0.25) is 9.70 Å². The average molecular weight is 518 g/mol. The number of alkyl halides is 3. The van der Waals surface area contributed by atoms with Crippen LogP contribution in [0.15, 0.2) is 28.7 Å². The van der Waals surface area contributed by atoms with Gasteiger partial charge in [-0.3, -0.25) is 4.79 Å². The van der Waals surface area contributed by atoms with Gasteiger partial charge >= 0.3 is 0 Å². The smallest absolute Gasteiger partial charge is 0.228 e. The predicted molar refractivity (Wildman–Crippen MR) is 124 cm³/mol. The minimum absolute atomic E-state index is 0.181. The Kier molecular flexibility index (Phi) is 12.0. The zero-order valence-electron chi connectivity index (χ0n) is 15.2. The van der Waals surface area contributed by atoms with Crippen molar-refractivity contribution in [2.75, 3.05) is 5.32 Å². The van der Waals surface area contributed by atoms with E-state index < -0.39 is 9.96 Å². The second-order valence-corrected chi connectivity index (χ2v) is 9.86. The molecule has 0 aliphatic rings. The molecule has 9 heteroatoms. The highest BCUT2D eigenvalue weighted by Gasteiger charge is 2.34. The summed E-state index contributed by atoms with van der Waals surface area (Å²) in [6.07, 6.45) is 6.03. The molecule has 0 aromatic heterocycles. The summed E-state index contributed by atoms with van der Waals surface area (Å²) in [5, 5.41) is 8.79. The van der Waals surface area contributed by atoms with E-state index in [9.17, 15) is 4.79 Å². The van der Waals surface area contributed by atoms with Gasteiger partial charge in [-0.05, 0) is 36.8 Å². The first kappa shape index (κ1) is 24.8. The van der Waals surface area contributed by atoms with Crippen molar-refractivity contribution in [2.45, 2.75) is 61.8 Å². The quantitative estimate of drug-likeness (QED) is 0.148. The molecule has 1 rings (SSSR count). The first-order chi connectivity index (χ1) is 12.7. The van der Waals surface area contributed by atoms with Crippen molar-refractivity contribution in [3.8, 4) is 0 Å². The van der Waals surface area contributed by atoms with E-state index >= 15 is 0 Å². The van der Waals surface area contributed by atoms with Gasteiger partial charge in [0.1, 0.15) is 6.17 Å². The Morgan fingerprint density at radius 2 is 1.81 bits per heavy atom. The number of hydrogen-bond acceptors (Lipinski definition) is 2. The Hall–Kier alpha value is -0.270. The molecule has 4 nitrogen and oxygen atoms in total. The lowest BCUT2D eigenvalue weighted by Crippen LogP contribution is -2.56. The standard InChI is InChI=1S/C18H25BrCl3N3OS/c1-2-3-4-5-6-7-11-15(26)24-16(18(20,21)22)25-17(27)23-14-10-8-9-13(19)12-14/h8-10,12,16H,2-7,11H2,1H3,(H,24,26)(H2,23,25,27)/t16-/m0/s1. The predicted octanol–water partition coefficient (Wildman–Crippen LogP) is 6.30. The zero-order valence-corrected chi connectivity index (χ0v) is 19.8. The number of unbranched alkanes of at least 4 members (excludes halogenated alkanes) is 5. The number of halogens is 4. The molecule has 0 unspecified atom stereocenters. The second kappa shape index (κ2) is 13.0. The molecule has 0 aliphatic carbocycles. The van der Waals surface area contributed by atoms with Crippen LogP contribution in [0.5, 0.6) is 0 Å². The number of anilines is 1. The summed E-state index contributed by atoms with van der Waals surface area (Å²) in [6, 6.07) is 7.47. The largest absolute Gasteiger partial charge is 0.339 e. The van der Waals surface area contributed by atoms with Crippen LogP contribution in [0.1, 0.15) is 51.9 Å². The molecule has 1 aromatic rings. The molecule has 0 saturated heterocycles. The van der Waals surface area contributed by atoms with Gasteiger partial charge in [0.25, 0.3) is 0 Å². The number of rotatable bonds is 10. The summed E-state index contributed by atoms with van der Waals surface area (Å²) >= 11 is 26.6. The third kappa shape index (κ3) is 11.3. The zero-order chi connectivity index (χ0) is 20.3. The number of benzene rings is 1. The maximum Gasteiger partial charge on any atom is 0.228 e. The van der Waals surface area contributed by atoms with E-state index in [2.05, 4.69) is 38.8 Å². The molecule has 1 aromatic carbocycles. The van der Waals surface area contributed by atoms with Crippen molar-refractivity contribution < 1.29 is 4.79 Å². The Morgan fingerprint density at radius 1 is 1.15 bits per heavy atom. The van der Waals surface area contributed by atoms with Crippen LogP contribution in [0.25, 0.3) is 0 Å². The normalized spacial score (nSPS) is 12.3. The van der Waals surface area contributed by atoms with Crippen LogP contribution in [-0.2, 0) is 4.79 Å². The fourth-order valence-electron chi connectivity index (χ4n) is 2.36. The number of carbonyl (C=O) groups excluding carboxylic acids is 1. The van der Waals surface area contributed by atoms with Crippen molar-refractivity contribution in [3.63, 3.8) is 0 Å². The first-order valence-electron chi connectivity index (χ1n) is 8.91. The fourth-order valence-corrected chi connectivity index (χ4v) is 3.33. The second-order valence-electron chi connectivity index (χ2n) is 6.17. The van der Waals surface area contributed by atoms with Crippen molar-refractivity contribution >= 4 is 79.7 Å². The van der Waals surface area contributed by atoms with E-state index in [1.54, 1.807) is 0 Å². The van der Waals surface area contributed by atoms with Crippen LogP contribution in [0.2, 0.25) is 0 Å². The molecule has 0 radical (unpaired) electrons. The summed E-state index contributed by atoms with van der Waals surface area (Å²) < 4.78 is -0.847. The summed E-state index contributed by atoms with van der Waals surface area (Å²) in [5.74, 6) is -0.181. The molecule has 27 heavy (non-hydrogen) atoms. The van der Waals surface area contributed by atoms with Crippen LogP contribution in [0.4, 0.5) is 5.69 Å². The number of nitrogens with one attached hydrogen (secondary N) is 3. The van der Waals surface area contributed by atoms with Gasteiger partial charge in [-0.25, -0.2) is 0 Å². The van der Waals surface area contributed by atoms with Gasteiger partial charge in [0.05, 0.1) is 0 Å². The molecular formula is C18H25BrCl3N3OS. The summed E-state index contributed by atoms with van der Waals surface area (Å²) in [6.45, 7) is 2.17. The number of hydrogen-bond donors (Lipinski definition) is 3. The maximum absolute atomic E-state index is 12.2. The van der Waals surface area contributed by atoms with E-state index in [1.165, 1.54) is 19.3 Å². The van der Waals surface area contributed by atoms with Crippen molar-refractivity contribution in [1.29, 1.82) is 0 Å². The highest BCUT2D eigenvalue weighted by atomic mass is 79.9. The van der Waals surface area contributed by atoms with Crippen LogP contribution in [0.3, 0.4) is 0 Å². The molecular weight excluding hydrogens is 493 g/mol. The van der Waals surface area contributed by atoms with Gasteiger partial charge in [-0.2, -0.15) is 0 Å². The monoisotopic (exact) mass is 515 g/mol. The Labute approximate surface area is 190 Å². The minimum Gasteiger partial charge on any atom is -0.339 e. The lowest BCUT2D eigenvalue weighted by atomic mass is 10.1. The van der Waals surface area contributed by atoms with Gasteiger partial charge in [-0.1, -0.05) is 95.8 Å². The highest BCUT2D eigenvalue weighted by molar-refractivity contribution is 9.10. The SMILES string of the molecule is CCCCCCCCC(=O)N[C@@H](NC(=S)Nc1cccc(Br)c1)C(Cl)(Cl)Cl. The molecule has 1 atom stereocenters. The van der Waals surface area contributed by atoms with Gasteiger partial charge in [-0.15, -0.1) is 0 Å². The summed E-state index contributed by atoms with van der Waals surface area (Å²) in [5.41, 5.74) is 0.767. The molecule has 0 aliphatic heterocycles. The molecule has 0 saturated carbocycles. The lowest BCUT2D eigenvalue weighted by Gasteiger charge is -2.27. The number of thiocarbonyl (C=S) groups is 1. The summed E-state index contributed by atoms with van der Waals surface area (Å²) in [4.78, 5) is 12.2. The molecule has 0 spiro atoms. The van der Waals surface area contributed by atoms with Gasteiger partial charge in [0, 0.05) is 16.6 Å². The van der Waals surface area contributed by atoms with Gasteiger partial charge in [0.15, 0.2) is 5.11 Å².